The number of carbonyl (C=O) groups is 1. The number of rotatable bonds is 5. The number of carbonyl (C=O) groups excluding carboxylic acids is 1. The zero-order valence-corrected chi connectivity index (χ0v) is 16.4. The molecule has 0 radical (unpaired) electrons. The van der Waals surface area contributed by atoms with E-state index in [2.05, 4.69) is 0 Å². The average molecular weight is 437 g/mol. The molecule has 0 fully saturated rings. The third kappa shape index (κ3) is 4.62. The maximum Gasteiger partial charge on any atom is 0.323 e. The highest BCUT2D eigenvalue weighted by molar-refractivity contribution is 6.32. The third-order valence-electron chi connectivity index (χ3n) is 3.98. The average Bonchev–Trinajstić information content (AvgIpc) is 2.66. The van der Waals surface area contributed by atoms with Crippen molar-refractivity contribution in [1.29, 1.82) is 0 Å². The summed E-state index contributed by atoms with van der Waals surface area (Å²) in [6.07, 6.45) is 0. The minimum atomic E-state index is -0.763. The van der Waals surface area contributed by atoms with Crippen LogP contribution in [0.5, 0.6) is 5.75 Å². The molecule has 0 bridgehead atoms. The predicted molar refractivity (Wildman–Crippen MR) is 108 cm³/mol. The van der Waals surface area contributed by atoms with Crippen LogP contribution in [0.15, 0.2) is 66.7 Å². The molecule has 0 aromatic heterocycles. The summed E-state index contributed by atoms with van der Waals surface area (Å²) < 4.78 is 5.45. The van der Waals surface area contributed by atoms with Gasteiger partial charge in [-0.1, -0.05) is 59.1 Å². The van der Waals surface area contributed by atoms with E-state index in [0.717, 1.165) is 6.07 Å². The molecule has 0 amide bonds. The van der Waals surface area contributed by atoms with Crippen LogP contribution in [-0.2, 0) is 4.79 Å². The van der Waals surface area contributed by atoms with Gasteiger partial charge in [0.1, 0.15) is 11.7 Å². The van der Waals surface area contributed by atoms with Crippen LogP contribution >= 0.6 is 34.8 Å². The number of ether oxygens (including phenoxy) is 1. The van der Waals surface area contributed by atoms with Gasteiger partial charge in [-0.25, -0.2) is 0 Å². The number of nitro benzene ring substituents is 1. The van der Waals surface area contributed by atoms with Crippen LogP contribution in [0.2, 0.25) is 15.1 Å². The minimum Gasteiger partial charge on any atom is -0.424 e. The van der Waals surface area contributed by atoms with Crippen molar-refractivity contribution in [3.05, 3.63) is 103 Å². The Balaban J connectivity index is 1.96. The molecule has 0 aliphatic heterocycles. The van der Waals surface area contributed by atoms with E-state index in [-0.39, 0.29) is 16.5 Å². The Morgan fingerprint density at radius 3 is 1.79 bits per heavy atom. The number of non-ortho nitro benzene ring substituents is 1. The van der Waals surface area contributed by atoms with Crippen molar-refractivity contribution in [3.63, 3.8) is 0 Å². The molecule has 3 aromatic rings. The Hall–Kier alpha value is -2.60. The summed E-state index contributed by atoms with van der Waals surface area (Å²) in [7, 11) is 0. The molecule has 0 aliphatic carbocycles. The molecular weight excluding hydrogens is 425 g/mol. The second-order valence-corrected chi connectivity index (χ2v) is 7.11. The number of nitrogens with zero attached hydrogens (tertiary/aromatic N) is 1. The number of hydrogen-bond donors (Lipinski definition) is 0. The van der Waals surface area contributed by atoms with Crippen LogP contribution in [0, 0.1) is 10.1 Å². The van der Waals surface area contributed by atoms with Crippen LogP contribution in [0.25, 0.3) is 0 Å². The second kappa shape index (κ2) is 8.61. The zero-order chi connectivity index (χ0) is 20.3. The molecular formula is C20H12Cl3NO4. The number of halogens is 3. The lowest BCUT2D eigenvalue weighted by Crippen LogP contribution is -2.20. The van der Waals surface area contributed by atoms with Crippen molar-refractivity contribution in [3.8, 4) is 5.75 Å². The summed E-state index contributed by atoms with van der Waals surface area (Å²) in [5.74, 6) is -1.33. The van der Waals surface area contributed by atoms with Crippen molar-refractivity contribution in [2.75, 3.05) is 0 Å². The lowest BCUT2D eigenvalue weighted by atomic mass is 9.91. The van der Waals surface area contributed by atoms with Crippen LogP contribution in [0.4, 0.5) is 5.69 Å². The second-order valence-electron chi connectivity index (χ2n) is 5.83. The van der Waals surface area contributed by atoms with E-state index in [1.807, 2.05) is 0 Å². The van der Waals surface area contributed by atoms with E-state index in [4.69, 9.17) is 39.5 Å². The summed E-state index contributed by atoms with van der Waals surface area (Å²) in [5, 5.41) is 11.9. The maximum absolute atomic E-state index is 13.0. The summed E-state index contributed by atoms with van der Waals surface area (Å²) in [5.41, 5.74) is 1.13. The quantitative estimate of drug-likeness (QED) is 0.204. The fraction of sp³-hybridized carbons (Fsp3) is 0.0500. The van der Waals surface area contributed by atoms with Gasteiger partial charge in [-0.2, -0.15) is 0 Å². The van der Waals surface area contributed by atoms with E-state index in [0.29, 0.717) is 21.2 Å². The lowest BCUT2D eigenvalue weighted by molar-refractivity contribution is -0.384. The van der Waals surface area contributed by atoms with Crippen molar-refractivity contribution in [2.24, 2.45) is 0 Å². The SMILES string of the molecule is O=C(Oc1ccc([N+](=O)[O-])cc1Cl)C(c1ccc(Cl)cc1)c1ccc(Cl)cc1. The largest absolute Gasteiger partial charge is 0.424 e. The molecule has 5 nitrogen and oxygen atoms in total. The summed E-state index contributed by atoms with van der Waals surface area (Å²) in [6, 6.07) is 17.2. The van der Waals surface area contributed by atoms with Gasteiger partial charge in [-0.05, 0) is 41.5 Å². The highest BCUT2D eigenvalue weighted by Crippen LogP contribution is 2.33. The van der Waals surface area contributed by atoms with Crippen molar-refractivity contribution in [1.82, 2.24) is 0 Å². The Morgan fingerprint density at radius 1 is 0.857 bits per heavy atom. The lowest BCUT2D eigenvalue weighted by Gasteiger charge is -2.17. The molecule has 0 saturated heterocycles. The first-order chi connectivity index (χ1) is 13.3. The van der Waals surface area contributed by atoms with Crippen LogP contribution < -0.4 is 4.74 Å². The molecule has 3 rings (SSSR count). The highest BCUT2D eigenvalue weighted by atomic mass is 35.5. The number of benzene rings is 3. The van der Waals surface area contributed by atoms with Gasteiger partial charge in [0, 0.05) is 22.2 Å². The Bertz CT molecular complexity index is 975. The molecule has 0 aliphatic rings. The first-order valence-corrected chi connectivity index (χ1v) is 9.15. The van der Waals surface area contributed by atoms with Gasteiger partial charge in [0.2, 0.25) is 0 Å². The predicted octanol–water partition coefficient (Wildman–Crippen LogP) is 6.29. The first-order valence-electron chi connectivity index (χ1n) is 8.01. The molecule has 8 heteroatoms. The normalized spacial score (nSPS) is 10.7. The van der Waals surface area contributed by atoms with Gasteiger partial charge in [0.15, 0.2) is 0 Å². The van der Waals surface area contributed by atoms with E-state index in [1.54, 1.807) is 48.5 Å². The molecule has 0 heterocycles. The van der Waals surface area contributed by atoms with E-state index in [1.165, 1.54) is 12.1 Å². The van der Waals surface area contributed by atoms with E-state index >= 15 is 0 Å². The number of hydrogen-bond acceptors (Lipinski definition) is 4. The smallest absolute Gasteiger partial charge is 0.323 e. The van der Waals surface area contributed by atoms with Gasteiger partial charge in [-0.15, -0.1) is 0 Å². The maximum atomic E-state index is 13.0. The van der Waals surface area contributed by atoms with Crippen LogP contribution in [0.3, 0.4) is 0 Å². The van der Waals surface area contributed by atoms with Crippen molar-refractivity contribution >= 4 is 46.5 Å². The molecule has 28 heavy (non-hydrogen) atoms. The summed E-state index contributed by atoms with van der Waals surface area (Å²) in [6.45, 7) is 0. The fourth-order valence-corrected chi connectivity index (χ4v) is 3.09. The van der Waals surface area contributed by atoms with Crippen molar-refractivity contribution in [2.45, 2.75) is 5.92 Å². The highest BCUT2D eigenvalue weighted by Gasteiger charge is 2.26. The standard InChI is InChI=1S/C20H12Cl3NO4/c21-14-5-1-12(2-6-14)19(13-3-7-15(22)8-4-13)20(25)28-18-10-9-16(24(26)27)11-17(18)23/h1-11,19H. The Morgan fingerprint density at radius 2 is 1.36 bits per heavy atom. The number of nitro groups is 1. The molecule has 3 aromatic carbocycles. The van der Waals surface area contributed by atoms with E-state index in [9.17, 15) is 14.9 Å². The van der Waals surface area contributed by atoms with Crippen molar-refractivity contribution < 1.29 is 14.5 Å². The van der Waals surface area contributed by atoms with E-state index < -0.39 is 16.8 Å². The molecule has 0 saturated carbocycles. The van der Waals surface area contributed by atoms with Gasteiger partial charge in [0.25, 0.3) is 5.69 Å². The summed E-state index contributed by atoms with van der Waals surface area (Å²) in [4.78, 5) is 23.2. The first kappa shape index (κ1) is 20.1. The van der Waals surface area contributed by atoms with Gasteiger partial charge >= 0.3 is 5.97 Å². The van der Waals surface area contributed by atoms with Gasteiger partial charge in [-0.3, -0.25) is 14.9 Å². The minimum absolute atomic E-state index is 0.0326. The topological polar surface area (TPSA) is 69.4 Å². The molecule has 0 N–H and O–H groups in total. The molecule has 0 unspecified atom stereocenters. The third-order valence-corrected chi connectivity index (χ3v) is 4.78. The van der Waals surface area contributed by atoms with Gasteiger partial charge < -0.3 is 4.74 Å². The molecule has 0 spiro atoms. The van der Waals surface area contributed by atoms with Gasteiger partial charge in [0.05, 0.1) is 9.95 Å². The number of esters is 1. The fourth-order valence-electron chi connectivity index (χ4n) is 2.63. The molecule has 0 atom stereocenters. The monoisotopic (exact) mass is 435 g/mol. The Labute approximate surface area is 175 Å². The van der Waals surface area contributed by atoms with Crippen LogP contribution in [-0.4, -0.2) is 10.9 Å². The molecule has 142 valence electrons. The Kier molecular flexibility index (Phi) is 6.19. The summed E-state index contributed by atoms with van der Waals surface area (Å²) >= 11 is 17.9. The zero-order valence-electron chi connectivity index (χ0n) is 14.1. The van der Waals surface area contributed by atoms with Crippen LogP contribution in [0.1, 0.15) is 17.0 Å².